The highest BCUT2D eigenvalue weighted by Gasteiger charge is 2.36. The van der Waals surface area contributed by atoms with Crippen LogP contribution in [0.2, 0.25) is 0 Å². The molecule has 1 atom stereocenters. The van der Waals surface area contributed by atoms with E-state index in [4.69, 9.17) is 9.84 Å². The van der Waals surface area contributed by atoms with Crippen LogP contribution in [0.5, 0.6) is 5.75 Å². The SMILES string of the molecule is CCCSc1nc2n(n1)C(c1sccc1C)C(C(=O)Nc1ccccc1OC)=C(C)N2. The first kappa shape index (κ1) is 21.5. The molecular formula is C22H25N5O2S2. The Balaban J connectivity index is 1.75. The van der Waals surface area contributed by atoms with Gasteiger partial charge in [0.25, 0.3) is 5.91 Å². The number of ether oxygens (including phenoxy) is 1. The fourth-order valence-electron chi connectivity index (χ4n) is 3.52. The number of amides is 1. The number of aryl methyl sites for hydroxylation is 1. The van der Waals surface area contributed by atoms with E-state index in [0.717, 1.165) is 28.3 Å². The second-order valence-corrected chi connectivity index (χ2v) is 9.21. The molecule has 1 amide bonds. The van der Waals surface area contributed by atoms with E-state index < -0.39 is 0 Å². The number of thiophene rings is 1. The van der Waals surface area contributed by atoms with Gasteiger partial charge in [-0.2, -0.15) is 4.98 Å². The van der Waals surface area contributed by atoms with Gasteiger partial charge in [-0.15, -0.1) is 16.4 Å². The third-order valence-electron chi connectivity index (χ3n) is 5.02. The average molecular weight is 456 g/mol. The minimum absolute atomic E-state index is 0.198. The maximum absolute atomic E-state index is 13.5. The zero-order valence-corrected chi connectivity index (χ0v) is 19.6. The molecule has 0 saturated heterocycles. The Labute approximate surface area is 189 Å². The summed E-state index contributed by atoms with van der Waals surface area (Å²) in [5.74, 6) is 2.01. The fraction of sp³-hybridized carbons (Fsp3) is 0.318. The summed E-state index contributed by atoms with van der Waals surface area (Å²) in [7, 11) is 1.59. The van der Waals surface area contributed by atoms with Crippen LogP contribution in [0.15, 0.2) is 52.1 Å². The number of carbonyl (C=O) groups excluding carboxylic acids is 1. The van der Waals surface area contributed by atoms with Crippen LogP contribution >= 0.6 is 23.1 Å². The number of para-hydroxylation sites is 2. The molecule has 7 nitrogen and oxygen atoms in total. The number of fused-ring (bicyclic) bond motifs is 1. The van der Waals surface area contributed by atoms with Gasteiger partial charge in [-0.1, -0.05) is 30.8 Å². The molecule has 0 fully saturated rings. The molecule has 0 aliphatic carbocycles. The number of hydrogen-bond donors (Lipinski definition) is 2. The number of benzene rings is 1. The molecule has 3 aromatic rings. The monoisotopic (exact) mass is 455 g/mol. The third kappa shape index (κ3) is 4.20. The molecule has 2 aromatic heterocycles. The second kappa shape index (κ2) is 9.15. The zero-order valence-electron chi connectivity index (χ0n) is 17.9. The van der Waals surface area contributed by atoms with Crippen LogP contribution in [-0.2, 0) is 4.79 Å². The summed E-state index contributed by atoms with van der Waals surface area (Å²) < 4.78 is 7.24. The molecule has 0 saturated carbocycles. The van der Waals surface area contributed by atoms with Crippen molar-refractivity contribution in [2.75, 3.05) is 23.5 Å². The Kier molecular flexibility index (Phi) is 6.33. The second-order valence-electron chi connectivity index (χ2n) is 7.20. The lowest BCUT2D eigenvalue weighted by atomic mass is 9.98. The van der Waals surface area contributed by atoms with Gasteiger partial charge >= 0.3 is 0 Å². The molecule has 0 bridgehead atoms. The minimum atomic E-state index is -0.352. The largest absolute Gasteiger partial charge is 0.495 e. The van der Waals surface area contributed by atoms with Gasteiger partial charge in [-0.25, -0.2) is 4.68 Å². The lowest BCUT2D eigenvalue weighted by Gasteiger charge is -2.28. The number of hydrogen-bond acceptors (Lipinski definition) is 7. The topological polar surface area (TPSA) is 81.1 Å². The number of methoxy groups -OCH3 is 1. The lowest BCUT2D eigenvalue weighted by Crippen LogP contribution is -2.31. The molecular weight excluding hydrogens is 430 g/mol. The molecule has 3 heterocycles. The Morgan fingerprint density at radius 1 is 1.32 bits per heavy atom. The van der Waals surface area contributed by atoms with Crippen LogP contribution in [0.4, 0.5) is 11.6 Å². The van der Waals surface area contributed by atoms with Crippen molar-refractivity contribution < 1.29 is 9.53 Å². The quantitative estimate of drug-likeness (QED) is 0.483. The zero-order chi connectivity index (χ0) is 22.0. The number of thioether (sulfide) groups is 1. The third-order valence-corrected chi connectivity index (χ3v) is 7.13. The molecule has 2 N–H and O–H groups in total. The van der Waals surface area contributed by atoms with Crippen LogP contribution in [0.25, 0.3) is 0 Å². The average Bonchev–Trinajstić information content (AvgIpc) is 3.37. The van der Waals surface area contributed by atoms with Gasteiger partial charge in [-0.3, -0.25) is 4.79 Å². The van der Waals surface area contributed by atoms with Crippen molar-refractivity contribution in [3.05, 3.63) is 57.4 Å². The summed E-state index contributed by atoms with van der Waals surface area (Å²) in [6.45, 7) is 6.09. The van der Waals surface area contributed by atoms with E-state index in [0.29, 0.717) is 28.1 Å². The van der Waals surface area contributed by atoms with E-state index in [-0.39, 0.29) is 11.9 Å². The van der Waals surface area contributed by atoms with E-state index in [1.807, 2.05) is 41.3 Å². The van der Waals surface area contributed by atoms with Gasteiger partial charge in [0.2, 0.25) is 11.1 Å². The number of nitrogens with one attached hydrogen (secondary N) is 2. The number of anilines is 2. The van der Waals surface area contributed by atoms with Gasteiger partial charge < -0.3 is 15.4 Å². The Morgan fingerprint density at radius 2 is 2.13 bits per heavy atom. The first-order valence-corrected chi connectivity index (χ1v) is 12.0. The Hall–Kier alpha value is -2.78. The smallest absolute Gasteiger partial charge is 0.256 e. The van der Waals surface area contributed by atoms with Crippen LogP contribution in [-0.4, -0.2) is 33.5 Å². The molecule has 9 heteroatoms. The number of allylic oxidation sites excluding steroid dienone is 1. The maximum Gasteiger partial charge on any atom is 0.256 e. The minimum Gasteiger partial charge on any atom is -0.495 e. The normalized spacial score (nSPS) is 15.4. The molecule has 31 heavy (non-hydrogen) atoms. The molecule has 0 spiro atoms. The summed E-state index contributed by atoms with van der Waals surface area (Å²) in [6, 6.07) is 9.10. The Morgan fingerprint density at radius 3 is 2.84 bits per heavy atom. The molecule has 4 rings (SSSR count). The number of aromatic nitrogens is 3. The summed E-state index contributed by atoms with van der Waals surface area (Å²) in [6.07, 6.45) is 1.04. The first-order valence-electron chi connectivity index (χ1n) is 10.1. The van der Waals surface area contributed by atoms with E-state index in [2.05, 4.69) is 35.5 Å². The molecule has 1 aliphatic heterocycles. The lowest BCUT2D eigenvalue weighted by molar-refractivity contribution is -0.113. The van der Waals surface area contributed by atoms with Crippen molar-refractivity contribution in [2.45, 2.75) is 38.4 Å². The molecule has 0 radical (unpaired) electrons. The van der Waals surface area contributed by atoms with Crippen molar-refractivity contribution in [2.24, 2.45) is 0 Å². The maximum atomic E-state index is 13.5. The highest BCUT2D eigenvalue weighted by Crippen LogP contribution is 2.40. The predicted molar refractivity (Wildman–Crippen MR) is 126 cm³/mol. The van der Waals surface area contributed by atoms with Crippen molar-refractivity contribution in [1.29, 1.82) is 0 Å². The summed E-state index contributed by atoms with van der Waals surface area (Å²) in [5, 5.41) is 13.8. The van der Waals surface area contributed by atoms with E-state index in [9.17, 15) is 4.79 Å². The highest BCUT2D eigenvalue weighted by molar-refractivity contribution is 7.99. The van der Waals surface area contributed by atoms with Crippen LogP contribution in [0.3, 0.4) is 0 Å². The molecule has 1 aromatic carbocycles. The van der Waals surface area contributed by atoms with Crippen molar-refractivity contribution in [3.63, 3.8) is 0 Å². The van der Waals surface area contributed by atoms with Crippen LogP contribution in [0, 0.1) is 6.92 Å². The van der Waals surface area contributed by atoms with Gasteiger partial charge in [0.1, 0.15) is 11.8 Å². The van der Waals surface area contributed by atoms with Crippen molar-refractivity contribution in [1.82, 2.24) is 14.8 Å². The van der Waals surface area contributed by atoms with Gasteiger partial charge in [0.05, 0.1) is 18.4 Å². The number of nitrogens with zero attached hydrogens (tertiary/aromatic N) is 3. The van der Waals surface area contributed by atoms with Crippen molar-refractivity contribution >= 4 is 40.6 Å². The van der Waals surface area contributed by atoms with Gasteiger partial charge in [0, 0.05) is 16.3 Å². The Bertz CT molecular complexity index is 1130. The van der Waals surface area contributed by atoms with E-state index in [1.54, 1.807) is 30.2 Å². The highest BCUT2D eigenvalue weighted by atomic mass is 32.2. The first-order chi connectivity index (χ1) is 15.0. The fourth-order valence-corrected chi connectivity index (χ4v) is 5.23. The summed E-state index contributed by atoms with van der Waals surface area (Å²) in [5.41, 5.74) is 3.12. The number of rotatable bonds is 7. The van der Waals surface area contributed by atoms with Gasteiger partial charge in [-0.05, 0) is 49.4 Å². The summed E-state index contributed by atoms with van der Waals surface area (Å²) in [4.78, 5) is 19.3. The standard InChI is InChI=1S/C22H25N5O2S2/c1-5-11-31-22-25-21-23-14(3)17(18(27(21)26-22)19-13(2)10-12-30-19)20(28)24-15-8-6-7-9-16(15)29-4/h6-10,12,18H,5,11H2,1-4H3,(H,24,28)(H,23,25,26). The van der Waals surface area contributed by atoms with Gasteiger partial charge in [0.15, 0.2) is 0 Å². The predicted octanol–water partition coefficient (Wildman–Crippen LogP) is 5.09. The summed E-state index contributed by atoms with van der Waals surface area (Å²) >= 11 is 3.24. The van der Waals surface area contributed by atoms with E-state index >= 15 is 0 Å². The molecule has 162 valence electrons. The van der Waals surface area contributed by atoms with Crippen LogP contribution in [0.1, 0.15) is 36.8 Å². The number of carbonyl (C=O) groups is 1. The molecule has 1 unspecified atom stereocenters. The van der Waals surface area contributed by atoms with Crippen LogP contribution < -0.4 is 15.4 Å². The van der Waals surface area contributed by atoms with E-state index in [1.165, 1.54) is 0 Å². The molecule has 1 aliphatic rings. The van der Waals surface area contributed by atoms with Crippen molar-refractivity contribution in [3.8, 4) is 5.75 Å².